The van der Waals surface area contributed by atoms with E-state index in [4.69, 9.17) is 0 Å². The predicted octanol–water partition coefficient (Wildman–Crippen LogP) is 2.25. The summed E-state index contributed by atoms with van der Waals surface area (Å²) in [5, 5.41) is 0. The van der Waals surface area contributed by atoms with Gasteiger partial charge >= 0.3 is 5.97 Å². The third-order valence-electron chi connectivity index (χ3n) is 1.47. The molecule has 0 bridgehead atoms. The second-order valence-corrected chi connectivity index (χ2v) is 3.30. The molecule has 0 unspecified atom stereocenters. The highest BCUT2D eigenvalue weighted by atomic mass is 79.9. The van der Waals surface area contributed by atoms with E-state index in [-0.39, 0.29) is 34.5 Å². The van der Waals surface area contributed by atoms with Crippen molar-refractivity contribution in [3.63, 3.8) is 0 Å². The molecular formula is C7H18BrNO2S. The van der Waals surface area contributed by atoms with E-state index in [0.717, 1.165) is 6.42 Å². The molecule has 0 radical (unpaired) electrons. The average molecular weight is 260 g/mol. The minimum absolute atomic E-state index is 0. The van der Waals surface area contributed by atoms with Crippen molar-refractivity contribution in [2.75, 3.05) is 12.9 Å². The first kappa shape index (κ1) is 18.1. The van der Waals surface area contributed by atoms with Gasteiger partial charge in [0, 0.05) is 0 Å². The van der Waals surface area contributed by atoms with Gasteiger partial charge in [-0.25, -0.2) is 0 Å². The van der Waals surface area contributed by atoms with E-state index >= 15 is 0 Å². The molecule has 0 aliphatic heterocycles. The zero-order chi connectivity index (χ0) is 8.20. The zero-order valence-electron chi connectivity index (χ0n) is 7.79. The smallest absolute Gasteiger partial charge is 0.311 e. The standard InChI is InChI=1S/C7H14O2S.BrH.H3N/c1-7(2,4-5-10)6(8)9-3;;/h10H,4-5H2,1-3H3;1H;1H3. The van der Waals surface area contributed by atoms with E-state index in [1.54, 1.807) is 0 Å². The van der Waals surface area contributed by atoms with Crippen LogP contribution in [0.3, 0.4) is 0 Å². The van der Waals surface area contributed by atoms with Crippen molar-refractivity contribution < 1.29 is 9.53 Å². The van der Waals surface area contributed by atoms with Crippen molar-refractivity contribution in [3.8, 4) is 0 Å². The summed E-state index contributed by atoms with van der Waals surface area (Å²) >= 11 is 4.04. The lowest BCUT2D eigenvalue weighted by atomic mass is 9.91. The molecule has 3 N–H and O–H groups in total. The van der Waals surface area contributed by atoms with Crippen LogP contribution in [0.1, 0.15) is 20.3 Å². The van der Waals surface area contributed by atoms with Gasteiger partial charge in [-0.15, -0.1) is 17.0 Å². The van der Waals surface area contributed by atoms with Gasteiger partial charge in [0.05, 0.1) is 12.5 Å². The summed E-state index contributed by atoms with van der Waals surface area (Å²) in [6, 6.07) is 0. The third-order valence-corrected chi connectivity index (χ3v) is 1.70. The summed E-state index contributed by atoms with van der Waals surface area (Å²) in [4.78, 5) is 11.0. The number of carbonyl (C=O) groups is 1. The molecule has 0 saturated heterocycles. The quantitative estimate of drug-likeness (QED) is 0.604. The van der Waals surface area contributed by atoms with E-state index in [1.807, 2.05) is 13.8 Å². The van der Waals surface area contributed by atoms with Crippen molar-refractivity contribution in [2.24, 2.45) is 5.41 Å². The van der Waals surface area contributed by atoms with Crippen molar-refractivity contribution in [1.82, 2.24) is 6.15 Å². The lowest BCUT2D eigenvalue weighted by molar-refractivity contribution is -0.150. The van der Waals surface area contributed by atoms with Gasteiger partial charge in [-0.05, 0) is 26.0 Å². The van der Waals surface area contributed by atoms with E-state index in [9.17, 15) is 4.79 Å². The number of methoxy groups -OCH3 is 1. The van der Waals surface area contributed by atoms with Crippen LogP contribution in [0.25, 0.3) is 0 Å². The molecule has 0 atom stereocenters. The van der Waals surface area contributed by atoms with E-state index < -0.39 is 0 Å². The van der Waals surface area contributed by atoms with Crippen LogP contribution in [0.4, 0.5) is 0 Å². The Kier molecular flexibility index (Phi) is 11.9. The largest absolute Gasteiger partial charge is 0.469 e. The summed E-state index contributed by atoms with van der Waals surface area (Å²) in [5.41, 5.74) is -0.378. The number of carbonyl (C=O) groups excluding carboxylic acids is 1. The Labute approximate surface area is 90.0 Å². The fourth-order valence-electron chi connectivity index (χ4n) is 0.658. The molecule has 0 heterocycles. The Balaban J connectivity index is -0.000000405. The van der Waals surface area contributed by atoms with Gasteiger partial charge in [0.15, 0.2) is 0 Å². The molecule has 0 aliphatic carbocycles. The van der Waals surface area contributed by atoms with E-state index in [2.05, 4.69) is 17.4 Å². The lowest BCUT2D eigenvalue weighted by Gasteiger charge is -2.19. The molecule has 3 nitrogen and oxygen atoms in total. The maximum atomic E-state index is 11.0. The van der Waals surface area contributed by atoms with Gasteiger partial charge in [-0.1, -0.05) is 0 Å². The van der Waals surface area contributed by atoms with Gasteiger partial charge in [0.1, 0.15) is 0 Å². The number of rotatable bonds is 3. The predicted molar refractivity (Wildman–Crippen MR) is 59.6 cm³/mol. The lowest BCUT2D eigenvalue weighted by Crippen LogP contribution is -2.25. The molecule has 0 spiro atoms. The topological polar surface area (TPSA) is 61.3 Å². The van der Waals surface area contributed by atoms with Gasteiger partial charge < -0.3 is 10.9 Å². The van der Waals surface area contributed by atoms with Crippen LogP contribution in [-0.4, -0.2) is 18.8 Å². The highest BCUT2D eigenvalue weighted by molar-refractivity contribution is 8.93. The van der Waals surface area contributed by atoms with E-state index in [1.165, 1.54) is 7.11 Å². The fourth-order valence-corrected chi connectivity index (χ4v) is 1.22. The van der Waals surface area contributed by atoms with Crippen LogP contribution in [-0.2, 0) is 9.53 Å². The van der Waals surface area contributed by atoms with Crippen molar-refractivity contribution in [3.05, 3.63) is 0 Å². The summed E-state index contributed by atoms with van der Waals surface area (Å²) in [6.45, 7) is 3.71. The van der Waals surface area contributed by atoms with Crippen molar-refractivity contribution >= 4 is 35.6 Å². The molecule has 0 aliphatic rings. The van der Waals surface area contributed by atoms with E-state index in [0.29, 0.717) is 5.75 Å². The zero-order valence-corrected chi connectivity index (χ0v) is 10.4. The SMILES string of the molecule is Br.COC(=O)C(C)(C)CCS.N. The highest BCUT2D eigenvalue weighted by Crippen LogP contribution is 2.21. The molecule has 0 saturated carbocycles. The van der Waals surface area contributed by atoms with Gasteiger partial charge in [-0.2, -0.15) is 12.6 Å². The monoisotopic (exact) mass is 259 g/mol. The minimum Gasteiger partial charge on any atom is -0.469 e. The van der Waals surface area contributed by atoms with Crippen LogP contribution in [0.15, 0.2) is 0 Å². The Hall–Kier alpha value is 0.260. The number of halogens is 1. The number of hydrogen-bond donors (Lipinski definition) is 2. The Morgan fingerprint density at radius 2 is 1.92 bits per heavy atom. The molecule has 0 amide bonds. The molecule has 0 rings (SSSR count). The molecule has 12 heavy (non-hydrogen) atoms. The highest BCUT2D eigenvalue weighted by Gasteiger charge is 2.27. The van der Waals surface area contributed by atoms with Crippen LogP contribution >= 0.6 is 29.6 Å². The molecule has 0 aromatic carbocycles. The summed E-state index contributed by atoms with van der Waals surface area (Å²) in [6.07, 6.45) is 0.753. The second-order valence-electron chi connectivity index (χ2n) is 2.85. The first-order chi connectivity index (χ1) is 4.54. The van der Waals surface area contributed by atoms with Gasteiger partial charge in [0.25, 0.3) is 0 Å². The maximum absolute atomic E-state index is 11.0. The normalized spacial score (nSPS) is 9.33. The summed E-state index contributed by atoms with van der Waals surface area (Å²) in [7, 11) is 1.41. The van der Waals surface area contributed by atoms with Crippen molar-refractivity contribution in [1.29, 1.82) is 0 Å². The average Bonchev–Trinajstić information content (AvgIpc) is 1.86. The second kappa shape index (κ2) is 7.89. The third kappa shape index (κ3) is 5.85. The van der Waals surface area contributed by atoms with Crippen LogP contribution in [0.5, 0.6) is 0 Å². The first-order valence-electron chi connectivity index (χ1n) is 3.24. The molecule has 5 heteroatoms. The van der Waals surface area contributed by atoms with Gasteiger partial charge in [0.2, 0.25) is 0 Å². The first-order valence-corrected chi connectivity index (χ1v) is 3.87. The van der Waals surface area contributed by atoms with Crippen LogP contribution in [0, 0.1) is 5.41 Å². The molecule has 76 valence electrons. The molecule has 0 fully saturated rings. The Morgan fingerprint density at radius 3 is 2.17 bits per heavy atom. The van der Waals surface area contributed by atoms with Crippen LogP contribution < -0.4 is 6.15 Å². The van der Waals surface area contributed by atoms with Crippen molar-refractivity contribution in [2.45, 2.75) is 20.3 Å². The molecule has 0 aromatic heterocycles. The summed E-state index contributed by atoms with van der Waals surface area (Å²) in [5.74, 6) is 0.545. The Bertz CT molecular complexity index is 131. The van der Waals surface area contributed by atoms with Crippen LogP contribution in [0.2, 0.25) is 0 Å². The molecule has 0 aromatic rings. The minimum atomic E-state index is -0.378. The fraction of sp³-hybridized carbons (Fsp3) is 0.857. The summed E-state index contributed by atoms with van der Waals surface area (Å²) < 4.78 is 4.59. The Morgan fingerprint density at radius 1 is 1.50 bits per heavy atom. The molecular weight excluding hydrogens is 242 g/mol. The maximum Gasteiger partial charge on any atom is 0.311 e. The van der Waals surface area contributed by atoms with Gasteiger partial charge in [-0.3, -0.25) is 4.79 Å². The number of esters is 1. The number of ether oxygens (including phenoxy) is 1. The number of thiol groups is 1. The number of hydrogen-bond acceptors (Lipinski definition) is 4.